The van der Waals surface area contributed by atoms with E-state index in [1.54, 1.807) is 0 Å². The molecule has 2 rings (SSSR count). The first kappa shape index (κ1) is 21.8. The molecule has 0 aromatic heterocycles. The molecule has 4 nitrogen and oxygen atoms in total. The maximum Gasteiger partial charge on any atom is 0.469 e. The summed E-state index contributed by atoms with van der Waals surface area (Å²) < 4.78 is 15.6. The quantitative estimate of drug-likeness (QED) is 0.477. The van der Waals surface area contributed by atoms with Gasteiger partial charge in [0, 0.05) is 0 Å². The minimum absolute atomic E-state index is 0.0986. The van der Waals surface area contributed by atoms with Crippen LogP contribution in [-0.2, 0) is 21.9 Å². The van der Waals surface area contributed by atoms with Gasteiger partial charge in [-0.15, -0.1) is 0 Å². The van der Waals surface area contributed by atoms with Crippen molar-refractivity contribution in [1.82, 2.24) is 0 Å². The van der Waals surface area contributed by atoms with Gasteiger partial charge in [0.15, 0.2) is 0 Å². The summed E-state index contributed by atoms with van der Waals surface area (Å²) in [7, 11) is -4.38. The van der Waals surface area contributed by atoms with Gasteiger partial charge in [0.25, 0.3) is 0 Å². The highest BCUT2D eigenvalue weighted by molar-refractivity contribution is 7.46. The van der Waals surface area contributed by atoms with Crippen LogP contribution in [0.15, 0.2) is 60.7 Å². The lowest BCUT2D eigenvalue weighted by atomic mass is 9.89. The fourth-order valence-corrected chi connectivity index (χ4v) is 3.85. The van der Waals surface area contributed by atoms with Crippen molar-refractivity contribution in [2.75, 3.05) is 6.61 Å². The molecule has 5 heteroatoms. The van der Waals surface area contributed by atoms with Crippen LogP contribution in [0, 0.1) is 11.8 Å². The molecule has 0 aliphatic carbocycles. The van der Waals surface area contributed by atoms with Gasteiger partial charge in [-0.1, -0.05) is 86.8 Å². The van der Waals surface area contributed by atoms with E-state index in [2.05, 4.69) is 47.8 Å². The van der Waals surface area contributed by atoms with Crippen LogP contribution in [0.5, 0.6) is 0 Å². The molecule has 2 aromatic carbocycles. The van der Waals surface area contributed by atoms with Gasteiger partial charge < -0.3 is 9.79 Å². The molecule has 0 heterocycles. The van der Waals surface area contributed by atoms with Crippen LogP contribution in [0.25, 0.3) is 0 Å². The van der Waals surface area contributed by atoms with Crippen LogP contribution in [0.1, 0.15) is 43.7 Å². The Labute approximate surface area is 162 Å². The van der Waals surface area contributed by atoms with E-state index in [4.69, 9.17) is 9.79 Å². The van der Waals surface area contributed by atoms with E-state index in [-0.39, 0.29) is 6.61 Å². The maximum atomic E-state index is 10.9. The summed E-state index contributed by atoms with van der Waals surface area (Å²) in [6, 6.07) is 20.8. The molecule has 0 fully saturated rings. The molecular formula is C22H31O4P. The zero-order valence-corrected chi connectivity index (χ0v) is 16.9. The first-order chi connectivity index (χ1) is 12.9. The normalized spacial score (nSPS) is 14.0. The first-order valence-corrected chi connectivity index (χ1v) is 11.2. The number of hydrogen-bond acceptors (Lipinski definition) is 2. The van der Waals surface area contributed by atoms with Gasteiger partial charge in [-0.2, -0.15) is 0 Å². The van der Waals surface area contributed by atoms with Gasteiger partial charge in [-0.25, -0.2) is 4.57 Å². The first-order valence-electron chi connectivity index (χ1n) is 9.70. The van der Waals surface area contributed by atoms with Gasteiger partial charge in [0.1, 0.15) is 0 Å². The zero-order chi connectivity index (χ0) is 19.5. The number of benzene rings is 2. The molecule has 0 bridgehead atoms. The molecule has 0 saturated heterocycles. The van der Waals surface area contributed by atoms with E-state index in [0.717, 1.165) is 32.1 Å². The standard InChI is InChI=1S/C22H31O4P/c1-19(17-20-10-4-2-5-11-20)9-8-14-22(15-16-26-27(23,24)25)18-21-12-6-3-7-13-21/h2-7,10-13,19,22H,8-9,14-18H2,1H3,(H2,23,24,25). The number of rotatable bonds is 12. The molecule has 0 saturated carbocycles. The van der Waals surface area contributed by atoms with Gasteiger partial charge in [0.05, 0.1) is 6.61 Å². The molecule has 0 aliphatic rings. The third-order valence-electron chi connectivity index (χ3n) is 4.89. The molecule has 0 radical (unpaired) electrons. The lowest BCUT2D eigenvalue weighted by Crippen LogP contribution is -2.10. The minimum Gasteiger partial charge on any atom is -0.303 e. The highest BCUT2D eigenvalue weighted by Crippen LogP contribution is 2.36. The van der Waals surface area contributed by atoms with Crippen LogP contribution in [0.2, 0.25) is 0 Å². The molecule has 0 aliphatic heterocycles. The summed E-state index contributed by atoms with van der Waals surface area (Å²) in [4.78, 5) is 17.8. The third-order valence-corrected chi connectivity index (χ3v) is 5.41. The Kier molecular flexibility index (Phi) is 9.23. The summed E-state index contributed by atoms with van der Waals surface area (Å²) in [5.41, 5.74) is 2.64. The van der Waals surface area contributed by atoms with Crippen LogP contribution in [0.4, 0.5) is 0 Å². The average molecular weight is 390 g/mol. The molecule has 2 N–H and O–H groups in total. The second-order valence-electron chi connectivity index (χ2n) is 7.39. The van der Waals surface area contributed by atoms with Crippen molar-refractivity contribution in [3.8, 4) is 0 Å². The van der Waals surface area contributed by atoms with Gasteiger partial charge >= 0.3 is 7.82 Å². The molecule has 2 aromatic rings. The van der Waals surface area contributed by atoms with Crippen LogP contribution in [0.3, 0.4) is 0 Å². The Morgan fingerprint density at radius 1 is 0.852 bits per heavy atom. The summed E-state index contributed by atoms with van der Waals surface area (Å²) in [6.45, 7) is 2.39. The molecule has 2 unspecified atom stereocenters. The van der Waals surface area contributed by atoms with Crippen molar-refractivity contribution in [3.63, 3.8) is 0 Å². The topological polar surface area (TPSA) is 66.8 Å². The summed E-state index contributed by atoms with van der Waals surface area (Å²) in [6.07, 6.45) is 5.97. The minimum atomic E-state index is -4.38. The fraction of sp³-hybridized carbons (Fsp3) is 0.455. The lowest BCUT2D eigenvalue weighted by molar-refractivity contribution is 0.181. The van der Waals surface area contributed by atoms with E-state index >= 15 is 0 Å². The monoisotopic (exact) mass is 390 g/mol. The number of hydrogen-bond donors (Lipinski definition) is 2. The highest BCUT2D eigenvalue weighted by Gasteiger charge is 2.16. The molecular weight excluding hydrogens is 359 g/mol. The SMILES string of the molecule is CC(CCCC(CCOP(=O)(O)O)Cc1ccccc1)Cc1ccccc1. The molecule has 148 valence electrons. The maximum absolute atomic E-state index is 10.9. The van der Waals surface area contributed by atoms with Crippen molar-refractivity contribution in [2.45, 2.75) is 45.4 Å². The van der Waals surface area contributed by atoms with Gasteiger partial charge in [0.2, 0.25) is 0 Å². The zero-order valence-electron chi connectivity index (χ0n) is 16.0. The Hall–Kier alpha value is -1.45. The molecule has 27 heavy (non-hydrogen) atoms. The molecule has 0 spiro atoms. The van der Waals surface area contributed by atoms with Crippen molar-refractivity contribution in [2.24, 2.45) is 11.8 Å². The lowest BCUT2D eigenvalue weighted by Gasteiger charge is -2.19. The Bertz CT molecular complexity index is 684. The van der Waals surface area contributed by atoms with E-state index < -0.39 is 7.82 Å². The number of phosphoric acid groups is 1. The summed E-state index contributed by atoms with van der Waals surface area (Å²) in [5, 5.41) is 0. The smallest absolute Gasteiger partial charge is 0.303 e. The fourth-order valence-electron chi connectivity index (χ4n) is 3.51. The predicted molar refractivity (Wildman–Crippen MR) is 109 cm³/mol. The Morgan fingerprint density at radius 2 is 1.41 bits per heavy atom. The largest absolute Gasteiger partial charge is 0.469 e. The van der Waals surface area contributed by atoms with Gasteiger partial charge in [-0.05, 0) is 42.2 Å². The van der Waals surface area contributed by atoms with E-state index in [9.17, 15) is 4.57 Å². The second-order valence-corrected chi connectivity index (χ2v) is 8.63. The summed E-state index contributed by atoms with van der Waals surface area (Å²) in [5.74, 6) is 0.985. The van der Waals surface area contributed by atoms with Crippen LogP contribution < -0.4 is 0 Å². The molecule has 0 amide bonds. The predicted octanol–water partition coefficient (Wildman–Crippen LogP) is 5.39. The van der Waals surface area contributed by atoms with Crippen molar-refractivity contribution in [3.05, 3.63) is 71.8 Å². The highest BCUT2D eigenvalue weighted by atomic mass is 31.2. The van der Waals surface area contributed by atoms with Crippen molar-refractivity contribution in [1.29, 1.82) is 0 Å². The second kappa shape index (κ2) is 11.4. The van der Waals surface area contributed by atoms with E-state index in [1.807, 2.05) is 24.3 Å². The summed E-state index contributed by atoms with van der Waals surface area (Å²) >= 11 is 0. The Balaban J connectivity index is 1.80. The number of phosphoric ester groups is 1. The van der Waals surface area contributed by atoms with E-state index in [0.29, 0.717) is 18.3 Å². The van der Waals surface area contributed by atoms with Crippen LogP contribution in [-0.4, -0.2) is 16.4 Å². The van der Waals surface area contributed by atoms with Crippen molar-refractivity contribution < 1.29 is 18.9 Å². The van der Waals surface area contributed by atoms with Crippen molar-refractivity contribution >= 4 is 7.82 Å². The van der Waals surface area contributed by atoms with Crippen LogP contribution >= 0.6 is 7.82 Å². The van der Waals surface area contributed by atoms with Gasteiger partial charge in [-0.3, -0.25) is 4.52 Å². The Morgan fingerprint density at radius 3 is 1.96 bits per heavy atom. The average Bonchev–Trinajstić information content (AvgIpc) is 2.62. The molecule has 2 atom stereocenters. The van der Waals surface area contributed by atoms with E-state index in [1.165, 1.54) is 11.1 Å². The third kappa shape index (κ3) is 9.88.